The van der Waals surface area contributed by atoms with Gasteiger partial charge < -0.3 is 9.64 Å². The van der Waals surface area contributed by atoms with E-state index in [9.17, 15) is 4.79 Å². The van der Waals surface area contributed by atoms with Gasteiger partial charge in [0.1, 0.15) is 0 Å². The minimum atomic E-state index is -0.621. The van der Waals surface area contributed by atoms with Crippen LogP contribution < -0.4 is 0 Å². The van der Waals surface area contributed by atoms with Gasteiger partial charge in [-0.2, -0.15) is 0 Å². The van der Waals surface area contributed by atoms with Crippen LogP contribution >= 0.6 is 0 Å². The van der Waals surface area contributed by atoms with E-state index in [1.54, 1.807) is 4.90 Å². The maximum absolute atomic E-state index is 11.8. The van der Waals surface area contributed by atoms with Gasteiger partial charge in [0, 0.05) is 18.7 Å². The maximum Gasteiger partial charge on any atom is 0.411 e. The second-order valence-corrected chi connectivity index (χ2v) is 3.51. The minimum absolute atomic E-state index is 0.373. The van der Waals surface area contributed by atoms with Crippen LogP contribution in [0.15, 0.2) is 30.3 Å². The third kappa shape index (κ3) is 3.53. The van der Waals surface area contributed by atoms with E-state index in [0.717, 1.165) is 5.56 Å². The topological polar surface area (TPSA) is 29.5 Å². The Labute approximate surface area is 102 Å². The molecule has 1 aromatic rings. The van der Waals surface area contributed by atoms with Crippen LogP contribution in [0, 0.1) is 12.3 Å². The van der Waals surface area contributed by atoms with Crippen molar-refractivity contribution in [2.45, 2.75) is 20.0 Å². The van der Waals surface area contributed by atoms with Crippen LogP contribution in [0.3, 0.4) is 0 Å². The van der Waals surface area contributed by atoms with E-state index in [1.807, 2.05) is 44.2 Å². The number of benzene rings is 1. The number of carbonyl (C=O) groups is 1. The monoisotopic (exact) mass is 231 g/mol. The lowest BCUT2D eigenvalue weighted by molar-refractivity contribution is 0.0864. The first-order valence-corrected chi connectivity index (χ1v) is 5.69. The van der Waals surface area contributed by atoms with E-state index >= 15 is 0 Å². The molecule has 0 saturated carbocycles. The lowest BCUT2D eigenvalue weighted by atomic mass is 10.1. The summed E-state index contributed by atoms with van der Waals surface area (Å²) in [5.74, 6) is 2.48. The fourth-order valence-electron chi connectivity index (χ4n) is 1.48. The van der Waals surface area contributed by atoms with Crippen LogP contribution in [0.5, 0.6) is 0 Å². The number of nitrogens with zero attached hydrogens (tertiary/aromatic N) is 1. The van der Waals surface area contributed by atoms with Crippen LogP contribution in [-0.2, 0) is 4.74 Å². The zero-order valence-corrected chi connectivity index (χ0v) is 10.2. The third-order valence-electron chi connectivity index (χ3n) is 2.49. The predicted molar refractivity (Wildman–Crippen MR) is 67.4 cm³/mol. The second kappa shape index (κ2) is 6.59. The molecule has 3 heteroatoms. The molecule has 3 nitrogen and oxygen atoms in total. The van der Waals surface area contributed by atoms with Gasteiger partial charge in [0.2, 0.25) is 0 Å². The Kier molecular flexibility index (Phi) is 5.09. The zero-order valence-electron chi connectivity index (χ0n) is 10.2. The van der Waals surface area contributed by atoms with Crippen LogP contribution in [0.25, 0.3) is 0 Å². The van der Waals surface area contributed by atoms with Crippen molar-refractivity contribution >= 4 is 6.09 Å². The number of hydrogen-bond donors (Lipinski definition) is 0. The summed E-state index contributed by atoms with van der Waals surface area (Å²) in [7, 11) is 0. The first-order valence-electron chi connectivity index (χ1n) is 5.69. The van der Waals surface area contributed by atoms with Crippen molar-refractivity contribution in [3.05, 3.63) is 35.9 Å². The Bertz CT molecular complexity index is 390. The molecule has 0 saturated heterocycles. The lowest BCUT2D eigenvalue weighted by Crippen LogP contribution is -2.31. The van der Waals surface area contributed by atoms with Gasteiger partial charge in [-0.05, 0) is 13.8 Å². The molecule has 0 fully saturated rings. The van der Waals surface area contributed by atoms with Gasteiger partial charge in [-0.3, -0.25) is 0 Å². The molecule has 0 radical (unpaired) electrons. The van der Waals surface area contributed by atoms with Gasteiger partial charge in [0.15, 0.2) is 6.10 Å². The average Bonchev–Trinajstić information content (AvgIpc) is 2.38. The molecule has 0 N–H and O–H groups in total. The van der Waals surface area contributed by atoms with Crippen LogP contribution in [0.2, 0.25) is 0 Å². The molecular formula is C14H17NO2. The highest BCUT2D eigenvalue weighted by molar-refractivity contribution is 5.68. The number of rotatable bonds is 4. The molecule has 0 aliphatic rings. The molecule has 1 aromatic carbocycles. The molecule has 1 rings (SSSR count). The Morgan fingerprint density at radius 2 is 1.94 bits per heavy atom. The van der Waals surface area contributed by atoms with Gasteiger partial charge >= 0.3 is 6.09 Å². The number of ether oxygens (including phenoxy) is 1. The standard InChI is InChI=1S/C14H17NO2/c1-4-13(12-10-8-7-9-11-12)17-14(16)15(5-2)6-3/h1,7-11,13H,5-6H2,2-3H3. The van der Waals surface area contributed by atoms with Crippen molar-refractivity contribution in [2.24, 2.45) is 0 Å². The van der Waals surface area contributed by atoms with E-state index in [0.29, 0.717) is 13.1 Å². The summed E-state index contributed by atoms with van der Waals surface area (Å²) in [6, 6.07) is 9.32. The van der Waals surface area contributed by atoms with Gasteiger partial charge in [-0.15, -0.1) is 6.42 Å². The van der Waals surface area contributed by atoms with Gasteiger partial charge in [0.25, 0.3) is 0 Å². The van der Waals surface area contributed by atoms with Crippen LogP contribution in [0.1, 0.15) is 25.5 Å². The van der Waals surface area contributed by atoms with Gasteiger partial charge in [-0.25, -0.2) is 4.79 Å². The normalized spacial score (nSPS) is 11.4. The molecule has 0 heterocycles. The molecule has 0 aliphatic heterocycles. The molecular weight excluding hydrogens is 214 g/mol. The Morgan fingerprint density at radius 3 is 2.41 bits per heavy atom. The first-order chi connectivity index (χ1) is 8.22. The first kappa shape index (κ1) is 13.1. The maximum atomic E-state index is 11.8. The summed E-state index contributed by atoms with van der Waals surface area (Å²) >= 11 is 0. The summed E-state index contributed by atoms with van der Waals surface area (Å²) in [6.45, 7) is 5.03. The highest BCUT2D eigenvalue weighted by Crippen LogP contribution is 2.17. The number of terminal acetylenes is 1. The molecule has 0 aromatic heterocycles. The van der Waals surface area contributed by atoms with Crippen molar-refractivity contribution < 1.29 is 9.53 Å². The third-order valence-corrected chi connectivity index (χ3v) is 2.49. The summed E-state index contributed by atoms with van der Waals surface area (Å²) in [4.78, 5) is 13.3. The van der Waals surface area contributed by atoms with Gasteiger partial charge in [-0.1, -0.05) is 36.3 Å². The summed E-state index contributed by atoms with van der Waals surface area (Å²) < 4.78 is 5.28. The molecule has 17 heavy (non-hydrogen) atoms. The average molecular weight is 231 g/mol. The molecule has 90 valence electrons. The molecule has 0 bridgehead atoms. The van der Waals surface area contributed by atoms with Crippen LogP contribution in [0.4, 0.5) is 4.79 Å². The van der Waals surface area contributed by atoms with Crippen LogP contribution in [-0.4, -0.2) is 24.1 Å². The second-order valence-electron chi connectivity index (χ2n) is 3.51. The largest absolute Gasteiger partial charge is 0.428 e. The lowest BCUT2D eigenvalue weighted by Gasteiger charge is -2.21. The van der Waals surface area contributed by atoms with E-state index in [1.165, 1.54) is 0 Å². The van der Waals surface area contributed by atoms with Crippen molar-refractivity contribution in [1.82, 2.24) is 4.90 Å². The van der Waals surface area contributed by atoms with Crippen molar-refractivity contribution in [1.29, 1.82) is 0 Å². The van der Waals surface area contributed by atoms with E-state index in [2.05, 4.69) is 5.92 Å². The molecule has 0 spiro atoms. The zero-order chi connectivity index (χ0) is 12.7. The molecule has 1 unspecified atom stereocenters. The van der Waals surface area contributed by atoms with Crippen molar-refractivity contribution in [2.75, 3.05) is 13.1 Å². The highest BCUT2D eigenvalue weighted by Gasteiger charge is 2.17. The quantitative estimate of drug-likeness (QED) is 0.746. The smallest absolute Gasteiger partial charge is 0.411 e. The summed E-state index contributed by atoms with van der Waals surface area (Å²) in [5, 5.41) is 0. The van der Waals surface area contributed by atoms with E-state index in [-0.39, 0.29) is 6.09 Å². The molecule has 1 amide bonds. The van der Waals surface area contributed by atoms with Crippen molar-refractivity contribution in [3.63, 3.8) is 0 Å². The number of hydrogen-bond acceptors (Lipinski definition) is 2. The number of amides is 1. The Balaban J connectivity index is 2.72. The Hall–Kier alpha value is -1.95. The molecule has 1 atom stereocenters. The van der Waals surface area contributed by atoms with Gasteiger partial charge in [0.05, 0.1) is 0 Å². The van der Waals surface area contributed by atoms with E-state index < -0.39 is 6.10 Å². The molecule has 0 aliphatic carbocycles. The fraction of sp³-hybridized carbons (Fsp3) is 0.357. The fourth-order valence-corrected chi connectivity index (χ4v) is 1.48. The SMILES string of the molecule is C#CC(OC(=O)N(CC)CC)c1ccccc1. The minimum Gasteiger partial charge on any atom is -0.428 e. The predicted octanol–water partition coefficient (Wildman–Crippen LogP) is 2.84. The summed E-state index contributed by atoms with van der Waals surface area (Å²) in [5.41, 5.74) is 0.815. The van der Waals surface area contributed by atoms with Crippen molar-refractivity contribution in [3.8, 4) is 12.3 Å². The van der Waals surface area contributed by atoms with E-state index in [4.69, 9.17) is 11.2 Å². The number of carbonyl (C=O) groups excluding carboxylic acids is 1. The Morgan fingerprint density at radius 1 is 1.35 bits per heavy atom. The highest BCUT2D eigenvalue weighted by atomic mass is 16.6. The summed E-state index contributed by atoms with van der Waals surface area (Å²) in [6.07, 6.45) is 4.40.